The normalized spacial score (nSPS) is 12.2. The van der Waals surface area contributed by atoms with Crippen LogP contribution in [0.2, 0.25) is 0 Å². The molecule has 1 unspecified atom stereocenters. The van der Waals surface area contributed by atoms with Gasteiger partial charge in [-0.25, -0.2) is 5.43 Å². The van der Waals surface area contributed by atoms with Crippen LogP contribution in [0.5, 0.6) is 5.75 Å². The van der Waals surface area contributed by atoms with Gasteiger partial charge < -0.3 is 4.74 Å². The summed E-state index contributed by atoms with van der Waals surface area (Å²) in [5.74, 6) is 6.65. The third-order valence-electron chi connectivity index (χ3n) is 3.81. The molecule has 0 fully saturated rings. The fourth-order valence-electron chi connectivity index (χ4n) is 2.55. The van der Waals surface area contributed by atoms with Gasteiger partial charge in [0.25, 0.3) is 0 Å². The summed E-state index contributed by atoms with van der Waals surface area (Å²) in [5.41, 5.74) is 8.92. The van der Waals surface area contributed by atoms with E-state index in [1.165, 1.54) is 22.3 Å². The molecular formula is C17H22N2O. The van der Waals surface area contributed by atoms with Gasteiger partial charge >= 0.3 is 0 Å². The first kappa shape index (κ1) is 14.6. The van der Waals surface area contributed by atoms with Crippen molar-refractivity contribution in [3.8, 4) is 5.75 Å². The molecule has 0 bridgehead atoms. The summed E-state index contributed by atoms with van der Waals surface area (Å²) < 4.78 is 5.45. The Kier molecular flexibility index (Phi) is 4.42. The van der Waals surface area contributed by atoms with Crippen LogP contribution in [0.1, 0.15) is 33.9 Å². The van der Waals surface area contributed by atoms with E-state index in [0.717, 1.165) is 11.3 Å². The standard InChI is InChI=1S/C17H22N2O/c1-11-9-13(3)15(10-12(11)2)17(19-18)14-7-5-6-8-16(14)20-4/h5-10,17,19H,18H2,1-4H3. The van der Waals surface area contributed by atoms with Gasteiger partial charge in [0, 0.05) is 5.56 Å². The van der Waals surface area contributed by atoms with Crippen LogP contribution in [0.3, 0.4) is 0 Å². The summed E-state index contributed by atoms with van der Waals surface area (Å²) in [6, 6.07) is 12.3. The molecule has 0 saturated heterocycles. The predicted molar refractivity (Wildman–Crippen MR) is 82.8 cm³/mol. The van der Waals surface area contributed by atoms with Crippen LogP contribution < -0.4 is 16.0 Å². The van der Waals surface area contributed by atoms with Crippen LogP contribution in [0.25, 0.3) is 0 Å². The molecule has 0 radical (unpaired) electrons. The van der Waals surface area contributed by atoms with Gasteiger partial charge in [-0.1, -0.05) is 30.3 Å². The minimum absolute atomic E-state index is 0.0783. The molecule has 106 valence electrons. The van der Waals surface area contributed by atoms with E-state index >= 15 is 0 Å². The zero-order chi connectivity index (χ0) is 14.7. The number of methoxy groups -OCH3 is 1. The molecular weight excluding hydrogens is 248 g/mol. The number of nitrogens with two attached hydrogens (primary N) is 1. The molecule has 3 heteroatoms. The fraction of sp³-hybridized carbons (Fsp3) is 0.294. The molecule has 0 aromatic heterocycles. The number of para-hydroxylation sites is 1. The largest absolute Gasteiger partial charge is 0.496 e. The molecule has 0 saturated carbocycles. The fourth-order valence-corrected chi connectivity index (χ4v) is 2.55. The quantitative estimate of drug-likeness (QED) is 0.662. The molecule has 0 amide bonds. The summed E-state index contributed by atoms with van der Waals surface area (Å²) >= 11 is 0. The van der Waals surface area contributed by atoms with Crippen molar-refractivity contribution in [3.05, 3.63) is 64.2 Å². The first-order chi connectivity index (χ1) is 9.58. The molecule has 3 nitrogen and oxygen atoms in total. The lowest BCUT2D eigenvalue weighted by Gasteiger charge is -2.22. The van der Waals surface area contributed by atoms with Crippen molar-refractivity contribution in [1.82, 2.24) is 5.43 Å². The minimum atomic E-state index is -0.0783. The molecule has 0 spiro atoms. The lowest BCUT2D eigenvalue weighted by atomic mass is 9.91. The summed E-state index contributed by atoms with van der Waals surface area (Å²) in [4.78, 5) is 0. The first-order valence-corrected chi connectivity index (χ1v) is 6.75. The molecule has 20 heavy (non-hydrogen) atoms. The van der Waals surface area contributed by atoms with Crippen LogP contribution in [-0.4, -0.2) is 7.11 Å². The second-order valence-corrected chi connectivity index (χ2v) is 5.13. The predicted octanol–water partition coefficient (Wildman–Crippen LogP) is 3.17. The highest BCUT2D eigenvalue weighted by atomic mass is 16.5. The topological polar surface area (TPSA) is 47.3 Å². The molecule has 3 N–H and O–H groups in total. The second-order valence-electron chi connectivity index (χ2n) is 5.13. The van der Waals surface area contributed by atoms with Crippen molar-refractivity contribution in [1.29, 1.82) is 0 Å². The van der Waals surface area contributed by atoms with Gasteiger partial charge in [0.05, 0.1) is 13.2 Å². The SMILES string of the molecule is COc1ccccc1C(NN)c1cc(C)c(C)cc1C. The Balaban J connectivity index is 2.55. The molecule has 1 atom stereocenters. The molecule has 0 aliphatic carbocycles. The van der Waals surface area contributed by atoms with Crippen LogP contribution >= 0.6 is 0 Å². The summed E-state index contributed by atoms with van der Waals surface area (Å²) in [6.45, 7) is 6.36. The summed E-state index contributed by atoms with van der Waals surface area (Å²) in [7, 11) is 1.68. The summed E-state index contributed by atoms with van der Waals surface area (Å²) in [6.07, 6.45) is 0. The van der Waals surface area contributed by atoms with Crippen molar-refractivity contribution in [2.45, 2.75) is 26.8 Å². The van der Waals surface area contributed by atoms with Gasteiger partial charge in [-0.05, 0) is 49.1 Å². The molecule has 0 heterocycles. The van der Waals surface area contributed by atoms with E-state index in [2.05, 4.69) is 38.3 Å². The Morgan fingerprint density at radius 2 is 1.60 bits per heavy atom. The van der Waals surface area contributed by atoms with Crippen LogP contribution in [-0.2, 0) is 0 Å². The van der Waals surface area contributed by atoms with Crippen molar-refractivity contribution in [3.63, 3.8) is 0 Å². The Labute approximate surface area is 120 Å². The third kappa shape index (κ3) is 2.69. The van der Waals surface area contributed by atoms with E-state index in [1.807, 2.05) is 24.3 Å². The summed E-state index contributed by atoms with van der Waals surface area (Å²) in [5, 5.41) is 0. The van der Waals surface area contributed by atoms with E-state index in [1.54, 1.807) is 7.11 Å². The Bertz CT molecular complexity index is 608. The number of aryl methyl sites for hydroxylation is 3. The monoisotopic (exact) mass is 270 g/mol. The van der Waals surface area contributed by atoms with Gasteiger partial charge in [0.2, 0.25) is 0 Å². The van der Waals surface area contributed by atoms with E-state index in [9.17, 15) is 0 Å². The zero-order valence-corrected chi connectivity index (χ0v) is 12.5. The van der Waals surface area contributed by atoms with E-state index in [0.29, 0.717) is 0 Å². The number of hydrazine groups is 1. The molecule has 0 aliphatic rings. The molecule has 2 aromatic rings. The maximum Gasteiger partial charge on any atom is 0.124 e. The van der Waals surface area contributed by atoms with E-state index in [-0.39, 0.29) is 6.04 Å². The van der Waals surface area contributed by atoms with Crippen LogP contribution in [0, 0.1) is 20.8 Å². The number of ether oxygens (including phenoxy) is 1. The molecule has 2 aromatic carbocycles. The Morgan fingerprint density at radius 1 is 0.950 bits per heavy atom. The Morgan fingerprint density at radius 3 is 2.25 bits per heavy atom. The third-order valence-corrected chi connectivity index (χ3v) is 3.81. The highest BCUT2D eigenvalue weighted by Gasteiger charge is 2.19. The van der Waals surface area contributed by atoms with Gasteiger partial charge in [-0.15, -0.1) is 0 Å². The number of rotatable bonds is 4. The average molecular weight is 270 g/mol. The number of hydrogen-bond donors (Lipinski definition) is 2. The van der Waals surface area contributed by atoms with Crippen molar-refractivity contribution >= 4 is 0 Å². The average Bonchev–Trinajstić information content (AvgIpc) is 2.45. The highest BCUT2D eigenvalue weighted by molar-refractivity contribution is 5.46. The number of benzene rings is 2. The maximum atomic E-state index is 5.81. The Hall–Kier alpha value is -1.84. The van der Waals surface area contributed by atoms with Gasteiger partial charge in [-0.2, -0.15) is 0 Å². The molecule has 0 aliphatic heterocycles. The van der Waals surface area contributed by atoms with Gasteiger partial charge in [0.1, 0.15) is 5.75 Å². The van der Waals surface area contributed by atoms with Crippen LogP contribution in [0.15, 0.2) is 36.4 Å². The molecule has 2 rings (SSSR count). The lowest BCUT2D eigenvalue weighted by molar-refractivity contribution is 0.404. The van der Waals surface area contributed by atoms with Crippen molar-refractivity contribution < 1.29 is 4.74 Å². The van der Waals surface area contributed by atoms with E-state index < -0.39 is 0 Å². The van der Waals surface area contributed by atoms with Crippen LogP contribution in [0.4, 0.5) is 0 Å². The maximum absolute atomic E-state index is 5.81. The minimum Gasteiger partial charge on any atom is -0.496 e. The first-order valence-electron chi connectivity index (χ1n) is 6.75. The van der Waals surface area contributed by atoms with Crippen molar-refractivity contribution in [2.75, 3.05) is 7.11 Å². The zero-order valence-electron chi connectivity index (χ0n) is 12.5. The highest BCUT2D eigenvalue weighted by Crippen LogP contribution is 2.32. The lowest BCUT2D eigenvalue weighted by Crippen LogP contribution is -2.29. The number of nitrogens with one attached hydrogen (secondary N) is 1. The van der Waals surface area contributed by atoms with E-state index in [4.69, 9.17) is 10.6 Å². The van der Waals surface area contributed by atoms with Crippen molar-refractivity contribution in [2.24, 2.45) is 5.84 Å². The second kappa shape index (κ2) is 6.07. The van der Waals surface area contributed by atoms with Gasteiger partial charge in [-0.3, -0.25) is 5.84 Å². The van der Waals surface area contributed by atoms with Gasteiger partial charge in [0.15, 0.2) is 0 Å². The number of hydrogen-bond acceptors (Lipinski definition) is 3. The smallest absolute Gasteiger partial charge is 0.124 e.